The molecule has 0 fully saturated rings. The maximum Gasteiger partial charge on any atom is 0.0738 e. The zero-order valence-electron chi connectivity index (χ0n) is 9.02. The van der Waals surface area contributed by atoms with Gasteiger partial charge in [0.05, 0.1) is 11.9 Å². The van der Waals surface area contributed by atoms with Crippen molar-refractivity contribution in [1.82, 2.24) is 20.3 Å². The van der Waals surface area contributed by atoms with Gasteiger partial charge in [-0.15, -0.1) is 5.10 Å². The molecule has 1 heterocycles. The Hall–Kier alpha value is -1.39. The van der Waals surface area contributed by atoms with Gasteiger partial charge >= 0.3 is 0 Å². The van der Waals surface area contributed by atoms with Gasteiger partial charge in [-0.2, -0.15) is 0 Å². The summed E-state index contributed by atoms with van der Waals surface area (Å²) in [5, 5.41) is 11.8. The fourth-order valence-corrected chi connectivity index (χ4v) is 1.53. The number of rotatable bonds is 4. The second-order valence-corrected chi connectivity index (χ2v) is 4.02. The fourth-order valence-electron chi connectivity index (χ4n) is 1.41. The predicted molar refractivity (Wildman–Crippen MR) is 63.0 cm³/mol. The minimum atomic E-state index is 0.756. The van der Waals surface area contributed by atoms with Gasteiger partial charge in [0.2, 0.25) is 0 Å². The van der Waals surface area contributed by atoms with Crippen LogP contribution in [0.3, 0.4) is 0 Å². The molecule has 2 aromatic rings. The van der Waals surface area contributed by atoms with Crippen molar-refractivity contribution in [2.45, 2.75) is 13.1 Å². The maximum atomic E-state index is 5.81. The molecule has 5 heteroatoms. The van der Waals surface area contributed by atoms with Crippen LogP contribution in [0.5, 0.6) is 0 Å². The molecule has 0 aliphatic carbocycles. The monoisotopic (exact) mass is 236 g/mol. The Morgan fingerprint density at radius 1 is 1.25 bits per heavy atom. The van der Waals surface area contributed by atoms with Crippen LogP contribution in [0.4, 0.5) is 0 Å². The van der Waals surface area contributed by atoms with Crippen LogP contribution in [-0.4, -0.2) is 15.0 Å². The van der Waals surface area contributed by atoms with Crippen molar-refractivity contribution in [3.8, 4) is 0 Å². The number of nitrogens with one attached hydrogen (secondary N) is 1. The summed E-state index contributed by atoms with van der Waals surface area (Å²) in [6.45, 7) is 1.56. The van der Waals surface area contributed by atoms with Crippen molar-refractivity contribution in [2.24, 2.45) is 7.05 Å². The van der Waals surface area contributed by atoms with Crippen molar-refractivity contribution in [3.63, 3.8) is 0 Å². The molecule has 84 valence electrons. The maximum absolute atomic E-state index is 5.81. The van der Waals surface area contributed by atoms with Crippen molar-refractivity contribution < 1.29 is 0 Å². The van der Waals surface area contributed by atoms with E-state index in [1.165, 1.54) is 5.56 Å². The van der Waals surface area contributed by atoms with E-state index in [9.17, 15) is 0 Å². The van der Waals surface area contributed by atoms with Crippen molar-refractivity contribution in [3.05, 3.63) is 46.7 Å². The minimum absolute atomic E-state index is 0.756. The largest absolute Gasteiger partial charge is 0.307 e. The highest BCUT2D eigenvalue weighted by molar-refractivity contribution is 6.30. The number of benzene rings is 1. The molecule has 4 nitrogen and oxygen atoms in total. The molecule has 0 aliphatic heterocycles. The van der Waals surface area contributed by atoms with Gasteiger partial charge in [0, 0.05) is 25.2 Å². The smallest absolute Gasteiger partial charge is 0.0738 e. The van der Waals surface area contributed by atoms with E-state index < -0.39 is 0 Å². The molecule has 16 heavy (non-hydrogen) atoms. The summed E-state index contributed by atoms with van der Waals surface area (Å²) in [5.74, 6) is 0. The van der Waals surface area contributed by atoms with Gasteiger partial charge in [0.25, 0.3) is 0 Å². The van der Waals surface area contributed by atoms with Crippen LogP contribution in [0.2, 0.25) is 5.02 Å². The molecule has 0 radical (unpaired) electrons. The number of nitrogens with zero attached hydrogens (tertiary/aromatic N) is 3. The van der Waals surface area contributed by atoms with E-state index in [1.54, 1.807) is 10.9 Å². The zero-order chi connectivity index (χ0) is 11.4. The lowest BCUT2D eigenvalue weighted by Crippen LogP contribution is -2.15. The van der Waals surface area contributed by atoms with Crippen LogP contribution in [0.25, 0.3) is 0 Å². The van der Waals surface area contributed by atoms with Gasteiger partial charge in [-0.25, -0.2) is 0 Å². The molecule has 0 unspecified atom stereocenters. The average Bonchev–Trinajstić information content (AvgIpc) is 2.68. The van der Waals surface area contributed by atoms with E-state index in [-0.39, 0.29) is 0 Å². The minimum Gasteiger partial charge on any atom is -0.307 e. The van der Waals surface area contributed by atoms with E-state index in [0.29, 0.717) is 0 Å². The Balaban J connectivity index is 1.84. The molecule has 0 saturated carbocycles. The zero-order valence-corrected chi connectivity index (χ0v) is 9.78. The lowest BCUT2D eigenvalue weighted by Gasteiger charge is -2.04. The number of aromatic nitrogens is 3. The third-order valence-corrected chi connectivity index (χ3v) is 2.61. The Bertz CT molecular complexity index is 449. The van der Waals surface area contributed by atoms with Gasteiger partial charge in [0.1, 0.15) is 0 Å². The normalized spacial score (nSPS) is 10.6. The first-order valence-electron chi connectivity index (χ1n) is 5.04. The molecular formula is C11H13ClN4. The van der Waals surface area contributed by atoms with Crippen LogP contribution in [-0.2, 0) is 20.1 Å². The number of halogens is 1. The summed E-state index contributed by atoms with van der Waals surface area (Å²) in [4.78, 5) is 0. The first-order valence-corrected chi connectivity index (χ1v) is 5.42. The SMILES string of the molecule is Cn1nncc1CNCc1ccc(Cl)cc1. The second-order valence-electron chi connectivity index (χ2n) is 3.58. The lowest BCUT2D eigenvalue weighted by molar-refractivity contribution is 0.617. The quantitative estimate of drug-likeness (QED) is 0.880. The fraction of sp³-hybridized carbons (Fsp3) is 0.273. The summed E-state index contributed by atoms with van der Waals surface area (Å²) < 4.78 is 1.76. The van der Waals surface area contributed by atoms with E-state index in [0.717, 1.165) is 23.8 Å². The van der Waals surface area contributed by atoms with E-state index in [4.69, 9.17) is 11.6 Å². The van der Waals surface area contributed by atoms with E-state index in [1.807, 2.05) is 31.3 Å². The molecule has 0 saturated heterocycles. The molecule has 1 N–H and O–H groups in total. The van der Waals surface area contributed by atoms with E-state index >= 15 is 0 Å². The van der Waals surface area contributed by atoms with Gasteiger partial charge < -0.3 is 5.32 Å². The third-order valence-electron chi connectivity index (χ3n) is 2.36. The van der Waals surface area contributed by atoms with Crippen LogP contribution in [0.1, 0.15) is 11.3 Å². The van der Waals surface area contributed by atoms with E-state index in [2.05, 4.69) is 15.6 Å². The average molecular weight is 237 g/mol. The number of aryl methyl sites for hydroxylation is 1. The van der Waals surface area contributed by atoms with Crippen molar-refractivity contribution in [1.29, 1.82) is 0 Å². The molecular weight excluding hydrogens is 224 g/mol. The lowest BCUT2D eigenvalue weighted by atomic mass is 10.2. The molecule has 1 aromatic heterocycles. The molecule has 1 aromatic carbocycles. The summed E-state index contributed by atoms with van der Waals surface area (Å²) >= 11 is 5.81. The molecule has 0 amide bonds. The Morgan fingerprint density at radius 3 is 2.62 bits per heavy atom. The molecule has 0 bridgehead atoms. The number of hydrogen-bond donors (Lipinski definition) is 1. The van der Waals surface area contributed by atoms with Crippen LogP contribution in [0.15, 0.2) is 30.5 Å². The summed E-state index contributed by atoms with van der Waals surface area (Å²) in [5.41, 5.74) is 2.27. The Labute approximate surface area is 99.2 Å². The first kappa shape index (κ1) is 11.1. The van der Waals surface area contributed by atoms with Gasteiger partial charge in [-0.3, -0.25) is 4.68 Å². The van der Waals surface area contributed by atoms with Crippen LogP contribution < -0.4 is 5.32 Å². The molecule has 2 rings (SSSR count). The summed E-state index contributed by atoms with van der Waals surface area (Å²) in [7, 11) is 1.88. The Morgan fingerprint density at radius 2 is 2.00 bits per heavy atom. The molecule has 0 aliphatic rings. The first-order chi connectivity index (χ1) is 7.75. The van der Waals surface area contributed by atoms with Gasteiger partial charge in [-0.1, -0.05) is 28.9 Å². The standard InChI is InChI=1S/C11H13ClN4/c1-16-11(8-14-15-16)7-13-6-9-2-4-10(12)5-3-9/h2-5,8,13H,6-7H2,1H3. The third kappa shape index (κ3) is 2.81. The van der Waals surface area contributed by atoms with Gasteiger partial charge in [0.15, 0.2) is 0 Å². The molecule has 0 atom stereocenters. The van der Waals surface area contributed by atoms with Crippen molar-refractivity contribution >= 4 is 11.6 Å². The van der Waals surface area contributed by atoms with Crippen LogP contribution >= 0.6 is 11.6 Å². The highest BCUT2D eigenvalue weighted by Gasteiger charge is 1.99. The second kappa shape index (κ2) is 5.09. The summed E-state index contributed by atoms with van der Waals surface area (Å²) in [6, 6.07) is 7.81. The predicted octanol–water partition coefficient (Wildman–Crippen LogP) is 1.76. The number of hydrogen-bond acceptors (Lipinski definition) is 3. The topological polar surface area (TPSA) is 42.7 Å². The summed E-state index contributed by atoms with van der Waals surface area (Å²) in [6.07, 6.45) is 1.76. The Kier molecular flexibility index (Phi) is 3.54. The highest BCUT2D eigenvalue weighted by Crippen LogP contribution is 2.09. The van der Waals surface area contributed by atoms with Gasteiger partial charge in [-0.05, 0) is 17.7 Å². The molecule has 0 spiro atoms. The highest BCUT2D eigenvalue weighted by atomic mass is 35.5. The van der Waals surface area contributed by atoms with Crippen LogP contribution in [0, 0.1) is 0 Å². The van der Waals surface area contributed by atoms with Crippen molar-refractivity contribution in [2.75, 3.05) is 0 Å².